The molecule has 4 heteroatoms. The molecule has 0 aliphatic heterocycles. The summed E-state index contributed by atoms with van der Waals surface area (Å²) in [5, 5.41) is 6.58. The molecule has 68 valence electrons. The van der Waals surface area contributed by atoms with Crippen LogP contribution in [0.25, 0.3) is 0 Å². The van der Waals surface area contributed by atoms with Crippen LogP contribution < -0.4 is 10.6 Å². The van der Waals surface area contributed by atoms with Gasteiger partial charge in [0.1, 0.15) is 0 Å². The Bertz CT molecular complexity index is 80.8. The van der Waals surface area contributed by atoms with Gasteiger partial charge in [0.15, 0.2) is 0 Å². The summed E-state index contributed by atoms with van der Waals surface area (Å²) < 4.78 is 0. The second-order valence-electron chi connectivity index (χ2n) is 2.51. The first-order valence-corrected chi connectivity index (χ1v) is 5.23. The van der Waals surface area contributed by atoms with Gasteiger partial charge in [-0.15, -0.1) is 0 Å². The van der Waals surface area contributed by atoms with Gasteiger partial charge in [0, 0.05) is 37.2 Å². The molecule has 0 aromatic heterocycles. The smallest absolute Gasteiger partial charge is 0.0127 e. The van der Waals surface area contributed by atoms with Crippen LogP contribution in [0.4, 0.5) is 0 Å². The molecule has 1 atom stereocenters. The van der Waals surface area contributed by atoms with E-state index in [4.69, 9.17) is 0 Å². The van der Waals surface area contributed by atoms with Crippen molar-refractivity contribution in [2.75, 3.05) is 31.1 Å². The van der Waals surface area contributed by atoms with E-state index in [1.807, 2.05) is 0 Å². The number of hydrogen-bond acceptors (Lipinski definition) is 4. The highest BCUT2D eigenvalue weighted by molar-refractivity contribution is 7.80. The van der Waals surface area contributed by atoms with Crippen molar-refractivity contribution in [3.8, 4) is 0 Å². The van der Waals surface area contributed by atoms with Crippen LogP contribution in [0.1, 0.15) is 6.92 Å². The maximum atomic E-state index is 4.16. The summed E-state index contributed by atoms with van der Waals surface area (Å²) in [5.41, 5.74) is 0. The van der Waals surface area contributed by atoms with E-state index in [1.165, 1.54) is 0 Å². The molecule has 0 saturated carbocycles. The van der Waals surface area contributed by atoms with Gasteiger partial charge < -0.3 is 10.6 Å². The predicted octanol–water partition coefficient (Wildman–Crippen LogP) is 0.414. The SMILES string of the molecule is CC(CS)NCCNCCS. The van der Waals surface area contributed by atoms with Crippen molar-refractivity contribution in [3.05, 3.63) is 0 Å². The van der Waals surface area contributed by atoms with Gasteiger partial charge in [-0.3, -0.25) is 0 Å². The summed E-state index contributed by atoms with van der Waals surface area (Å²) in [4.78, 5) is 0. The topological polar surface area (TPSA) is 24.1 Å². The Kier molecular flexibility index (Phi) is 9.21. The molecule has 1 unspecified atom stereocenters. The molecule has 0 saturated heterocycles. The first-order valence-electron chi connectivity index (χ1n) is 3.97. The van der Waals surface area contributed by atoms with Gasteiger partial charge in [0.2, 0.25) is 0 Å². The zero-order valence-corrected chi connectivity index (χ0v) is 8.80. The second kappa shape index (κ2) is 8.71. The van der Waals surface area contributed by atoms with E-state index in [0.29, 0.717) is 6.04 Å². The molecule has 0 rings (SSSR count). The quantitative estimate of drug-likeness (QED) is 0.349. The Morgan fingerprint density at radius 1 is 1.18 bits per heavy atom. The summed E-state index contributed by atoms with van der Waals surface area (Å²) in [5.74, 6) is 1.80. The Labute approximate surface area is 80.3 Å². The van der Waals surface area contributed by atoms with E-state index < -0.39 is 0 Å². The van der Waals surface area contributed by atoms with Gasteiger partial charge in [0.25, 0.3) is 0 Å². The van der Waals surface area contributed by atoms with E-state index in [0.717, 1.165) is 31.1 Å². The van der Waals surface area contributed by atoms with Crippen LogP contribution in [-0.4, -0.2) is 37.2 Å². The van der Waals surface area contributed by atoms with E-state index >= 15 is 0 Å². The molecule has 0 fully saturated rings. The van der Waals surface area contributed by atoms with Crippen molar-refractivity contribution in [1.82, 2.24) is 10.6 Å². The molecule has 2 N–H and O–H groups in total. The lowest BCUT2D eigenvalue weighted by Crippen LogP contribution is -2.34. The highest BCUT2D eigenvalue weighted by Crippen LogP contribution is 1.82. The van der Waals surface area contributed by atoms with Gasteiger partial charge in [-0.1, -0.05) is 0 Å². The fourth-order valence-corrected chi connectivity index (χ4v) is 0.963. The van der Waals surface area contributed by atoms with Crippen molar-refractivity contribution >= 4 is 25.3 Å². The van der Waals surface area contributed by atoms with Crippen molar-refractivity contribution in [2.45, 2.75) is 13.0 Å². The lowest BCUT2D eigenvalue weighted by molar-refractivity contribution is 0.569. The maximum absolute atomic E-state index is 4.16. The number of hydrogen-bond donors (Lipinski definition) is 4. The fraction of sp³-hybridized carbons (Fsp3) is 1.00. The fourth-order valence-electron chi connectivity index (χ4n) is 0.676. The minimum atomic E-state index is 0.510. The molecule has 0 bridgehead atoms. The van der Waals surface area contributed by atoms with Crippen LogP contribution in [0.5, 0.6) is 0 Å². The Balaban J connectivity index is 2.89. The van der Waals surface area contributed by atoms with Gasteiger partial charge in [-0.2, -0.15) is 25.3 Å². The van der Waals surface area contributed by atoms with E-state index in [1.54, 1.807) is 0 Å². The van der Waals surface area contributed by atoms with Crippen LogP contribution in [0.2, 0.25) is 0 Å². The molecule has 0 aliphatic rings. The lowest BCUT2D eigenvalue weighted by Gasteiger charge is -2.10. The number of nitrogens with one attached hydrogen (secondary N) is 2. The summed E-state index contributed by atoms with van der Waals surface area (Å²) in [6, 6.07) is 0.510. The van der Waals surface area contributed by atoms with Crippen molar-refractivity contribution in [1.29, 1.82) is 0 Å². The first-order chi connectivity index (χ1) is 5.31. The third-order valence-corrected chi connectivity index (χ3v) is 2.13. The van der Waals surface area contributed by atoms with E-state index in [9.17, 15) is 0 Å². The highest BCUT2D eigenvalue weighted by atomic mass is 32.1. The zero-order chi connectivity index (χ0) is 8.53. The molecule has 0 aromatic carbocycles. The molecule has 11 heavy (non-hydrogen) atoms. The standard InChI is InChI=1S/C7H18N2S2/c1-7(6-11)9-3-2-8-4-5-10/h7-11H,2-6H2,1H3. The maximum Gasteiger partial charge on any atom is 0.0127 e. The summed E-state index contributed by atoms with van der Waals surface area (Å²) in [7, 11) is 0. The number of thiol groups is 2. The van der Waals surface area contributed by atoms with Crippen molar-refractivity contribution in [3.63, 3.8) is 0 Å². The van der Waals surface area contributed by atoms with E-state index in [-0.39, 0.29) is 0 Å². The third kappa shape index (κ3) is 8.53. The average Bonchev–Trinajstić information content (AvgIpc) is 2.04. The third-order valence-electron chi connectivity index (χ3n) is 1.36. The average molecular weight is 194 g/mol. The normalized spacial score (nSPS) is 13.4. The summed E-state index contributed by atoms with van der Waals surface area (Å²) in [6.45, 7) is 5.14. The molecule has 0 radical (unpaired) electrons. The second-order valence-corrected chi connectivity index (χ2v) is 3.32. The summed E-state index contributed by atoms with van der Waals surface area (Å²) >= 11 is 8.25. The molecule has 2 nitrogen and oxygen atoms in total. The minimum Gasteiger partial charge on any atom is -0.315 e. The van der Waals surface area contributed by atoms with Crippen LogP contribution in [0.15, 0.2) is 0 Å². The van der Waals surface area contributed by atoms with E-state index in [2.05, 4.69) is 42.8 Å². The Morgan fingerprint density at radius 3 is 2.45 bits per heavy atom. The van der Waals surface area contributed by atoms with Gasteiger partial charge >= 0.3 is 0 Å². The van der Waals surface area contributed by atoms with Gasteiger partial charge in [0.05, 0.1) is 0 Å². The molecule has 0 aromatic rings. The lowest BCUT2D eigenvalue weighted by atomic mass is 10.4. The minimum absolute atomic E-state index is 0.510. The molecule has 0 heterocycles. The first kappa shape index (κ1) is 11.6. The molecule has 0 amide bonds. The van der Waals surface area contributed by atoms with Crippen LogP contribution in [0, 0.1) is 0 Å². The van der Waals surface area contributed by atoms with Gasteiger partial charge in [-0.25, -0.2) is 0 Å². The number of rotatable bonds is 7. The highest BCUT2D eigenvalue weighted by Gasteiger charge is 1.94. The Hall–Kier alpha value is 0.620. The van der Waals surface area contributed by atoms with Crippen LogP contribution in [0.3, 0.4) is 0 Å². The molecule has 0 aliphatic carbocycles. The zero-order valence-electron chi connectivity index (χ0n) is 7.01. The molecular weight excluding hydrogens is 176 g/mol. The predicted molar refractivity (Wildman–Crippen MR) is 58.0 cm³/mol. The summed E-state index contributed by atoms with van der Waals surface area (Å²) in [6.07, 6.45) is 0. The van der Waals surface area contributed by atoms with Crippen LogP contribution in [-0.2, 0) is 0 Å². The van der Waals surface area contributed by atoms with Crippen LogP contribution >= 0.6 is 25.3 Å². The van der Waals surface area contributed by atoms with Gasteiger partial charge in [-0.05, 0) is 6.92 Å². The Morgan fingerprint density at radius 2 is 1.91 bits per heavy atom. The van der Waals surface area contributed by atoms with Crippen molar-refractivity contribution in [2.24, 2.45) is 0 Å². The van der Waals surface area contributed by atoms with Crippen molar-refractivity contribution < 1.29 is 0 Å². The monoisotopic (exact) mass is 194 g/mol. The molecular formula is C7H18N2S2. The molecule has 0 spiro atoms. The largest absolute Gasteiger partial charge is 0.315 e.